The number of ether oxygens (including phenoxy) is 1. The highest BCUT2D eigenvalue weighted by atomic mass is 32.2. The molecule has 316 valence electrons. The zero-order valence-corrected chi connectivity index (χ0v) is 34.6. The third-order valence-electron chi connectivity index (χ3n) is 8.21. The van der Waals surface area contributed by atoms with Gasteiger partial charge in [0, 0.05) is 28.7 Å². The summed E-state index contributed by atoms with van der Waals surface area (Å²) in [7, 11) is -13.1. The smallest absolute Gasteiger partial charge is 0.336 e. The van der Waals surface area contributed by atoms with Crippen LogP contribution in [-0.2, 0) is 52.4 Å². The molecule has 0 radical (unpaired) electrons. The minimum atomic E-state index is -5.17. The van der Waals surface area contributed by atoms with Crippen molar-refractivity contribution < 1.29 is 67.4 Å². The van der Waals surface area contributed by atoms with Crippen LogP contribution in [0.4, 0.5) is 34.1 Å². The molecule has 0 spiro atoms. The maximum absolute atomic E-state index is 13.2. The first-order valence-corrected chi connectivity index (χ1v) is 22.2. The molecule has 0 aliphatic rings. The summed E-state index contributed by atoms with van der Waals surface area (Å²) in [4.78, 5) is 14.5. The predicted molar refractivity (Wildman–Crippen MR) is 213 cm³/mol. The maximum Gasteiger partial charge on any atom is 0.336 e. The van der Waals surface area contributed by atoms with Crippen LogP contribution in [0.5, 0.6) is 5.75 Å². The Morgan fingerprint density at radius 3 is 2.08 bits per heavy atom. The van der Waals surface area contributed by atoms with E-state index in [1.54, 1.807) is 12.1 Å². The molecule has 5 aromatic rings. The molecule has 2 heterocycles. The van der Waals surface area contributed by atoms with Crippen LogP contribution in [0.25, 0.3) is 0 Å². The van der Waals surface area contributed by atoms with E-state index >= 15 is 0 Å². The van der Waals surface area contributed by atoms with E-state index in [4.69, 9.17) is 30.5 Å². The molecule has 21 nitrogen and oxygen atoms in total. The number of rotatable bonds is 18. The fraction of sp³-hybridized carbons (Fsp3) is 0.171. The summed E-state index contributed by atoms with van der Waals surface area (Å²) >= 11 is 0.898. The molecule has 0 fully saturated rings. The van der Waals surface area contributed by atoms with Crippen LogP contribution in [0.1, 0.15) is 15.9 Å². The van der Waals surface area contributed by atoms with Crippen molar-refractivity contribution in [3.63, 3.8) is 0 Å². The lowest BCUT2D eigenvalue weighted by molar-refractivity contribution is -0.701. The van der Waals surface area contributed by atoms with Gasteiger partial charge in [-0.2, -0.15) is 21.2 Å². The van der Waals surface area contributed by atoms with Gasteiger partial charge in [0.1, 0.15) is 50.6 Å². The van der Waals surface area contributed by atoms with Gasteiger partial charge in [-0.05, 0) is 55.5 Å². The van der Waals surface area contributed by atoms with Crippen molar-refractivity contribution in [2.45, 2.75) is 39.6 Å². The van der Waals surface area contributed by atoms with Crippen molar-refractivity contribution in [1.82, 2.24) is 0 Å². The number of nitrogens with two attached hydrogens (primary N) is 2. The highest BCUT2D eigenvalue weighted by molar-refractivity contribution is 7.94. The molecule has 0 aliphatic carbocycles. The standard InChI is InChI=1S/C35H34N8O13S4/c1-22-4-3-11-43(21-22)14-16-55-56-57-24-5-7-26(29(18-24)54-2)38-40-28-20-31(60(51,52)53)33(37)34(32(28)36)41-39-27-8-6-25(19-30(27)59(48,49)50)58(46,47)17-15-42-12-9-23(10-13-42)35(44)45/h3-13,18-21H,14-17H2,1-2H3,(H5-2,36,37,38,39,44,45,48,49,50,51,52,53)/p+2. The number of carboxylic acids is 1. The number of sulfone groups is 1. The van der Waals surface area contributed by atoms with Crippen molar-refractivity contribution >= 4 is 82.2 Å². The second kappa shape index (κ2) is 19.0. The van der Waals surface area contributed by atoms with Crippen molar-refractivity contribution in [3.8, 4) is 5.75 Å². The number of methoxy groups -OCH3 is 1. The van der Waals surface area contributed by atoms with Gasteiger partial charge < -0.3 is 21.3 Å². The Morgan fingerprint density at radius 2 is 1.43 bits per heavy atom. The zero-order chi connectivity index (χ0) is 43.8. The fourth-order valence-electron chi connectivity index (χ4n) is 5.17. The van der Waals surface area contributed by atoms with Crippen molar-refractivity contribution in [1.29, 1.82) is 0 Å². The van der Waals surface area contributed by atoms with Gasteiger partial charge in [-0.1, -0.05) is 0 Å². The highest BCUT2D eigenvalue weighted by Gasteiger charge is 2.25. The van der Waals surface area contributed by atoms with E-state index in [0.29, 0.717) is 17.5 Å². The summed E-state index contributed by atoms with van der Waals surface area (Å²) in [5.41, 5.74) is 10.7. The van der Waals surface area contributed by atoms with E-state index in [1.807, 2.05) is 36.0 Å². The van der Waals surface area contributed by atoms with E-state index in [-0.39, 0.29) is 35.8 Å². The zero-order valence-electron chi connectivity index (χ0n) is 31.4. The SMILES string of the molecule is COc1cc(SOOCC[n+]2cccc(C)c2)ccc1N=Nc1cc(S(=O)(=O)O)c(N)c(N=Nc2ccc(S(=O)(=O)CC[n+]3ccc(C(=O)O)cc3)cc2S(=O)(=O)O)c1N. The van der Waals surface area contributed by atoms with Gasteiger partial charge in [-0.25, -0.2) is 27.2 Å². The molecule has 0 atom stereocenters. The fourth-order valence-corrected chi connectivity index (χ4v) is 8.26. The summed E-state index contributed by atoms with van der Waals surface area (Å²) in [6.07, 6.45) is 6.56. The van der Waals surface area contributed by atoms with E-state index < -0.39 is 79.2 Å². The second-order valence-electron chi connectivity index (χ2n) is 12.4. The number of anilines is 2. The van der Waals surface area contributed by atoms with Crippen LogP contribution < -0.4 is 25.3 Å². The number of pyridine rings is 2. The van der Waals surface area contributed by atoms with Gasteiger partial charge in [-0.3, -0.25) is 9.11 Å². The first kappa shape index (κ1) is 45.2. The van der Waals surface area contributed by atoms with E-state index in [1.165, 1.54) is 42.3 Å². The molecule has 2 aromatic heterocycles. The minimum absolute atomic E-state index is 0.0230. The molecule has 0 bridgehead atoms. The molecule has 5 rings (SSSR count). The number of aryl methyl sites for hydroxylation is 2. The first-order chi connectivity index (χ1) is 28.3. The number of aromatic nitrogens is 2. The number of nitrogen functional groups attached to an aromatic ring is 2. The molecule has 3 aromatic carbocycles. The Hall–Kier alpha value is -5.93. The quantitative estimate of drug-likeness (QED) is 0.0114. The lowest BCUT2D eigenvalue weighted by Crippen LogP contribution is -2.36. The van der Waals surface area contributed by atoms with Gasteiger partial charge in [0.05, 0.1) is 41.0 Å². The average molecular weight is 905 g/mol. The molecular weight excluding hydrogens is 869 g/mol. The molecule has 60 heavy (non-hydrogen) atoms. The van der Waals surface area contributed by atoms with Crippen LogP contribution in [0.15, 0.2) is 132 Å². The number of hydrogen-bond donors (Lipinski definition) is 5. The summed E-state index contributed by atoms with van der Waals surface area (Å²) in [6, 6.07) is 14.4. The summed E-state index contributed by atoms with van der Waals surface area (Å²) in [5.74, 6) is -1.54. The normalized spacial score (nSPS) is 12.3. The van der Waals surface area contributed by atoms with Crippen molar-refractivity contribution in [2.75, 3.05) is 30.9 Å². The van der Waals surface area contributed by atoms with Crippen LogP contribution in [0.2, 0.25) is 0 Å². The van der Waals surface area contributed by atoms with E-state index in [2.05, 4.69) is 20.5 Å². The molecule has 0 saturated heterocycles. The predicted octanol–water partition coefficient (Wildman–Crippen LogP) is 4.89. The number of hydrogen-bond acceptors (Lipinski definition) is 17. The summed E-state index contributed by atoms with van der Waals surface area (Å²) in [5, 5.41) is 24.7. The topological polar surface area (TPSA) is 317 Å². The van der Waals surface area contributed by atoms with E-state index in [9.17, 15) is 39.2 Å². The molecule has 0 saturated carbocycles. The molecule has 0 amide bonds. The van der Waals surface area contributed by atoms with Gasteiger partial charge >= 0.3 is 5.97 Å². The Morgan fingerprint density at radius 1 is 0.767 bits per heavy atom. The van der Waals surface area contributed by atoms with E-state index in [0.717, 1.165) is 35.8 Å². The number of benzene rings is 3. The van der Waals surface area contributed by atoms with Gasteiger partial charge in [0.2, 0.25) is 0 Å². The molecule has 0 unspecified atom stereocenters. The minimum Gasteiger partial charge on any atom is -0.494 e. The van der Waals surface area contributed by atoms with Crippen molar-refractivity contribution in [2.24, 2.45) is 20.5 Å². The van der Waals surface area contributed by atoms with Gasteiger partial charge in [0.25, 0.3) is 20.2 Å². The Kier molecular flexibility index (Phi) is 14.3. The molecule has 0 aliphatic heterocycles. The number of carboxylic acid groups (broad SMARTS) is 1. The Bertz CT molecular complexity index is 2820. The lowest BCUT2D eigenvalue weighted by Gasteiger charge is -2.11. The highest BCUT2D eigenvalue weighted by Crippen LogP contribution is 2.44. The van der Waals surface area contributed by atoms with Gasteiger partial charge in [-0.15, -0.1) is 20.5 Å². The largest absolute Gasteiger partial charge is 0.494 e. The number of aromatic carboxylic acids is 1. The van der Waals surface area contributed by atoms with Crippen LogP contribution in [0, 0.1) is 6.92 Å². The van der Waals surface area contributed by atoms with Crippen molar-refractivity contribution in [3.05, 3.63) is 103 Å². The third-order valence-corrected chi connectivity index (χ3v) is 12.3. The average Bonchev–Trinajstić information content (AvgIpc) is 3.19. The van der Waals surface area contributed by atoms with Crippen LogP contribution in [0.3, 0.4) is 0 Å². The first-order valence-electron chi connectivity index (χ1n) is 17.0. The lowest BCUT2D eigenvalue weighted by atomic mass is 10.2. The third kappa shape index (κ3) is 11.6. The monoisotopic (exact) mass is 904 g/mol. The number of nitrogens with zero attached hydrogens (tertiary/aromatic N) is 6. The van der Waals surface area contributed by atoms with Crippen LogP contribution in [-0.4, -0.2) is 64.9 Å². The summed E-state index contributed by atoms with van der Waals surface area (Å²) < 4.78 is 110. The Balaban J connectivity index is 1.38. The van der Waals surface area contributed by atoms with Gasteiger partial charge in [0.15, 0.2) is 47.7 Å². The Labute approximate surface area is 347 Å². The van der Waals surface area contributed by atoms with Crippen LogP contribution >= 0.6 is 12.0 Å². The molecule has 7 N–H and O–H groups in total. The number of azo groups is 2. The maximum atomic E-state index is 13.2. The molecular formula is C35H36N8O13S4+2. The summed E-state index contributed by atoms with van der Waals surface area (Å²) in [6.45, 7) is 2.63. The number of carbonyl (C=O) groups is 1. The molecule has 25 heteroatoms. The second-order valence-corrected chi connectivity index (χ2v) is 18.1.